The standard InChI is InChI=1S/C15H17NO4S2/c1-10-7-11(2)15(12(3)8-10)16-22(19,20)14-6-4-5-13(9-14)21(17)18/h4-9,16H,1-3H3,(H,17,18)/p-1. The molecule has 1 unspecified atom stereocenters. The number of rotatable bonds is 4. The van der Waals surface area contributed by atoms with Gasteiger partial charge in [0.25, 0.3) is 10.0 Å². The minimum atomic E-state index is -3.85. The molecule has 0 heterocycles. The Morgan fingerprint density at radius 1 is 1.05 bits per heavy atom. The Hall–Kier alpha value is -1.70. The Labute approximate surface area is 132 Å². The zero-order valence-corrected chi connectivity index (χ0v) is 14.0. The van der Waals surface area contributed by atoms with Crippen molar-refractivity contribution in [1.82, 2.24) is 0 Å². The fourth-order valence-corrected chi connectivity index (χ4v) is 4.02. The molecule has 0 amide bonds. The normalized spacial score (nSPS) is 12.9. The number of nitrogens with one attached hydrogen (secondary N) is 1. The van der Waals surface area contributed by atoms with Crippen molar-refractivity contribution in [2.45, 2.75) is 30.6 Å². The van der Waals surface area contributed by atoms with Gasteiger partial charge in [0.15, 0.2) is 0 Å². The van der Waals surface area contributed by atoms with Gasteiger partial charge < -0.3 is 4.55 Å². The molecule has 0 fully saturated rings. The summed E-state index contributed by atoms with van der Waals surface area (Å²) in [4.78, 5) is -0.159. The molecule has 2 aromatic carbocycles. The molecule has 2 rings (SSSR count). The molecule has 0 radical (unpaired) electrons. The van der Waals surface area contributed by atoms with E-state index in [-0.39, 0.29) is 9.79 Å². The van der Waals surface area contributed by atoms with Gasteiger partial charge in [-0.25, -0.2) is 8.42 Å². The van der Waals surface area contributed by atoms with Crippen LogP contribution in [0.2, 0.25) is 0 Å². The van der Waals surface area contributed by atoms with Crippen LogP contribution in [0.1, 0.15) is 16.7 Å². The Kier molecular flexibility index (Phi) is 4.69. The first-order valence-electron chi connectivity index (χ1n) is 6.51. The predicted molar refractivity (Wildman–Crippen MR) is 85.1 cm³/mol. The van der Waals surface area contributed by atoms with Gasteiger partial charge in [-0.05, 0) is 61.2 Å². The molecule has 0 bridgehead atoms. The Morgan fingerprint density at radius 2 is 1.64 bits per heavy atom. The maximum atomic E-state index is 12.5. The van der Waals surface area contributed by atoms with Crippen LogP contribution >= 0.6 is 0 Å². The molecule has 7 heteroatoms. The maximum Gasteiger partial charge on any atom is 0.261 e. The minimum absolute atomic E-state index is 0.0692. The molecule has 0 spiro atoms. The van der Waals surface area contributed by atoms with Gasteiger partial charge in [-0.3, -0.25) is 8.93 Å². The highest BCUT2D eigenvalue weighted by molar-refractivity contribution is 7.92. The lowest BCUT2D eigenvalue weighted by Crippen LogP contribution is -2.15. The molecule has 0 aromatic heterocycles. The van der Waals surface area contributed by atoms with Gasteiger partial charge in [-0.1, -0.05) is 23.8 Å². The second-order valence-electron chi connectivity index (χ2n) is 5.09. The third-order valence-corrected chi connectivity index (χ3v) is 5.21. The van der Waals surface area contributed by atoms with Gasteiger partial charge >= 0.3 is 0 Å². The highest BCUT2D eigenvalue weighted by Gasteiger charge is 2.17. The summed E-state index contributed by atoms with van der Waals surface area (Å²) in [5.74, 6) is 0. The molecule has 118 valence electrons. The summed E-state index contributed by atoms with van der Waals surface area (Å²) in [6.45, 7) is 5.58. The Balaban J connectivity index is 2.45. The fraction of sp³-hybridized carbons (Fsp3) is 0.200. The van der Waals surface area contributed by atoms with E-state index in [1.54, 1.807) is 0 Å². The first-order chi connectivity index (χ1) is 10.2. The highest BCUT2D eigenvalue weighted by Crippen LogP contribution is 2.25. The molecule has 5 nitrogen and oxygen atoms in total. The molecule has 1 atom stereocenters. The average molecular weight is 338 g/mol. The van der Waals surface area contributed by atoms with Crippen LogP contribution in [-0.2, 0) is 21.1 Å². The number of sulfonamides is 1. The Bertz CT molecular complexity index is 821. The lowest BCUT2D eigenvalue weighted by Gasteiger charge is -2.15. The summed E-state index contributed by atoms with van der Waals surface area (Å²) in [5.41, 5.74) is 3.18. The van der Waals surface area contributed by atoms with Crippen molar-refractivity contribution in [2.24, 2.45) is 0 Å². The van der Waals surface area contributed by atoms with E-state index in [9.17, 15) is 17.2 Å². The quantitative estimate of drug-likeness (QED) is 0.868. The number of benzene rings is 2. The maximum absolute atomic E-state index is 12.5. The van der Waals surface area contributed by atoms with Gasteiger partial charge in [-0.15, -0.1) is 0 Å². The van der Waals surface area contributed by atoms with Gasteiger partial charge in [0.05, 0.1) is 10.6 Å². The summed E-state index contributed by atoms with van der Waals surface area (Å²) < 4.78 is 49.4. The van der Waals surface area contributed by atoms with Crippen molar-refractivity contribution >= 4 is 26.8 Å². The van der Waals surface area contributed by atoms with Gasteiger partial charge in [0, 0.05) is 4.90 Å². The van der Waals surface area contributed by atoms with Crippen molar-refractivity contribution in [3.05, 3.63) is 53.1 Å². The number of hydrogen-bond acceptors (Lipinski definition) is 4. The van der Waals surface area contributed by atoms with E-state index < -0.39 is 21.1 Å². The van der Waals surface area contributed by atoms with Crippen LogP contribution in [0.5, 0.6) is 0 Å². The van der Waals surface area contributed by atoms with E-state index in [1.807, 2.05) is 32.9 Å². The zero-order chi connectivity index (χ0) is 16.5. The van der Waals surface area contributed by atoms with E-state index >= 15 is 0 Å². The van der Waals surface area contributed by atoms with Gasteiger partial charge in [0.1, 0.15) is 0 Å². The van der Waals surface area contributed by atoms with Crippen molar-refractivity contribution in [1.29, 1.82) is 0 Å². The molecule has 0 aliphatic carbocycles. The molecule has 0 saturated carbocycles. The van der Waals surface area contributed by atoms with E-state index in [0.717, 1.165) is 22.8 Å². The van der Waals surface area contributed by atoms with Crippen LogP contribution in [0.25, 0.3) is 0 Å². The second kappa shape index (κ2) is 6.20. The second-order valence-corrected chi connectivity index (χ2v) is 7.71. The minimum Gasteiger partial charge on any atom is -0.768 e. The van der Waals surface area contributed by atoms with E-state index in [2.05, 4.69) is 4.72 Å². The fourth-order valence-electron chi connectivity index (χ4n) is 2.28. The molecule has 0 saturated heterocycles. The first-order valence-corrected chi connectivity index (χ1v) is 9.06. The summed E-state index contributed by atoms with van der Waals surface area (Å²) in [6, 6.07) is 8.99. The predicted octanol–water partition coefficient (Wildman–Crippen LogP) is 2.65. The molecule has 2 aromatic rings. The smallest absolute Gasteiger partial charge is 0.261 e. The largest absolute Gasteiger partial charge is 0.768 e. The van der Waals surface area contributed by atoms with E-state index in [0.29, 0.717) is 5.69 Å². The third kappa shape index (κ3) is 3.55. The van der Waals surface area contributed by atoms with Crippen LogP contribution < -0.4 is 4.72 Å². The van der Waals surface area contributed by atoms with Crippen LogP contribution in [0.15, 0.2) is 46.2 Å². The van der Waals surface area contributed by atoms with Crippen molar-refractivity contribution in [2.75, 3.05) is 4.72 Å². The van der Waals surface area contributed by atoms with Crippen molar-refractivity contribution < 1.29 is 17.2 Å². The van der Waals surface area contributed by atoms with Gasteiger partial charge in [0.2, 0.25) is 0 Å². The molecule has 0 aliphatic heterocycles. The van der Waals surface area contributed by atoms with Crippen molar-refractivity contribution in [3.8, 4) is 0 Å². The number of anilines is 1. The first kappa shape index (κ1) is 16.7. The molecular formula is C15H16NO4S2-. The summed E-state index contributed by atoms with van der Waals surface area (Å²) >= 11 is -2.47. The van der Waals surface area contributed by atoms with Crippen LogP contribution in [0.3, 0.4) is 0 Å². The number of hydrogen-bond donors (Lipinski definition) is 1. The molecule has 0 aliphatic rings. The van der Waals surface area contributed by atoms with Gasteiger partial charge in [-0.2, -0.15) is 0 Å². The lowest BCUT2D eigenvalue weighted by molar-refractivity contribution is 0.537. The third-order valence-electron chi connectivity index (χ3n) is 3.22. The topological polar surface area (TPSA) is 86.3 Å². The summed E-state index contributed by atoms with van der Waals surface area (Å²) in [6.07, 6.45) is 0. The van der Waals surface area contributed by atoms with Crippen LogP contribution in [0.4, 0.5) is 5.69 Å². The monoisotopic (exact) mass is 338 g/mol. The Morgan fingerprint density at radius 3 is 2.18 bits per heavy atom. The average Bonchev–Trinajstić information content (AvgIpc) is 2.43. The number of aryl methyl sites for hydroxylation is 3. The van der Waals surface area contributed by atoms with E-state index in [1.165, 1.54) is 18.2 Å². The molecule has 1 N–H and O–H groups in total. The molecular weight excluding hydrogens is 322 g/mol. The molecule has 22 heavy (non-hydrogen) atoms. The van der Waals surface area contributed by atoms with Crippen LogP contribution in [0, 0.1) is 20.8 Å². The van der Waals surface area contributed by atoms with Crippen LogP contribution in [-0.4, -0.2) is 17.2 Å². The van der Waals surface area contributed by atoms with Crippen molar-refractivity contribution in [3.63, 3.8) is 0 Å². The summed E-state index contributed by atoms with van der Waals surface area (Å²) in [5, 5.41) is 0. The SMILES string of the molecule is Cc1cc(C)c(NS(=O)(=O)c2cccc(S(=O)[O-])c2)c(C)c1. The van der Waals surface area contributed by atoms with E-state index in [4.69, 9.17) is 0 Å². The highest BCUT2D eigenvalue weighted by atomic mass is 32.2. The lowest BCUT2D eigenvalue weighted by atomic mass is 10.1. The summed E-state index contributed by atoms with van der Waals surface area (Å²) in [7, 11) is -3.85. The zero-order valence-electron chi connectivity index (χ0n) is 12.4.